The van der Waals surface area contributed by atoms with Crippen molar-refractivity contribution in [3.63, 3.8) is 0 Å². The Bertz CT molecular complexity index is 2260. The second-order valence-corrected chi connectivity index (χ2v) is 21.6. The number of anilines is 2. The number of aliphatic hydroxyl groups is 1. The zero-order chi connectivity index (χ0) is 41.6. The highest BCUT2D eigenvalue weighted by Crippen LogP contribution is 2.60. The lowest BCUT2D eigenvalue weighted by molar-refractivity contribution is -0.385. The molecule has 0 aromatic heterocycles. The number of benzene rings is 4. The molecule has 308 valence electrons. The summed E-state index contributed by atoms with van der Waals surface area (Å²) in [5, 5.41) is 30.0. The van der Waals surface area contributed by atoms with Gasteiger partial charge >= 0.3 is 0 Å². The summed E-state index contributed by atoms with van der Waals surface area (Å²) in [6.07, 6.45) is 1.49. The zero-order valence-electron chi connectivity index (χ0n) is 33.9. The number of ether oxygens (including phenoxy) is 2. The zero-order valence-corrected chi connectivity index (χ0v) is 34.9. The van der Waals surface area contributed by atoms with Crippen molar-refractivity contribution in [3.8, 4) is 5.75 Å². The van der Waals surface area contributed by atoms with Gasteiger partial charge in [0.1, 0.15) is 5.75 Å². The van der Waals surface area contributed by atoms with Gasteiger partial charge in [-0.2, -0.15) is 0 Å². The minimum absolute atomic E-state index is 0.0386. The maximum Gasteiger partial charge on any atom is 0.269 e. The average molecular weight is 818 g/mol. The number of carbonyl (C=O) groups is 3. The molecular weight excluding hydrogens is 767 g/mol. The number of aliphatic hydroxyl groups excluding tert-OH is 1. The topological polar surface area (TPSA) is 164 Å². The van der Waals surface area contributed by atoms with Crippen LogP contribution in [0.25, 0.3) is 0 Å². The van der Waals surface area contributed by atoms with Crippen LogP contribution in [0.1, 0.15) is 48.4 Å². The number of carbonyl (C=O) groups excluding carboxylic acids is 3. The molecule has 3 N–H and O–H groups in total. The van der Waals surface area contributed by atoms with Gasteiger partial charge in [0.25, 0.3) is 11.6 Å². The van der Waals surface area contributed by atoms with Crippen LogP contribution >= 0.6 is 0 Å². The van der Waals surface area contributed by atoms with Crippen molar-refractivity contribution in [2.24, 2.45) is 5.92 Å². The molecular formula is C45H51N5O8Si. The highest BCUT2D eigenvalue weighted by atomic mass is 28.3. The number of non-ortho nitro benzene ring substituents is 1. The number of nitrogens with one attached hydrogen (secondary N) is 2. The molecule has 4 aromatic carbocycles. The van der Waals surface area contributed by atoms with E-state index in [0.717, 1.165) is 41.3 Å². The van der Waals surface area contributed by atoms with Crippen molar-refractivity contribution in [1.29, 1.82) is 0 Å². The standard InChI is InChI=1S/C45H51N5O8Si/c1-28-42(59(3,4)36-18-16-35(57-2)17-19-36)40(24-41(52)48-26-31-9-6-5-8-30(31)22-34(48)27-51)58-45(28)37-23-33(50(55)56)15-20-39(37)49(44(45)54)25-29-11-13-32(14-12-29)47-43(53)38-10-7-21-46-38/h5-6,8-9,11-20,23,28,34,38,40,42,46,51H,7,10,21-22,24-27H2,1-4H3,(H,47,53)/t28-,34-,38+,40+,42-,45+/m0/s1. The van der Waals surface area contributed by atoms with Crippen LogP contribution in [0.5, 0.6) is 5.75 Å². The Kier molecular flexibility index (Phi) is 10.9. The predicted octanol–water partition coefficient (Wildman–Crippen LogP) is 5.39. The van der Waals surface area contributed by atoms with Crippen LogP contribution in [-0.2, 0) is 44.2 Å². The van der Waals surface area contributed by atoms with Crippen LogP contribution in [0.4, 0.5) is 17.1 Å². The van der Waals surface area contributed by atoms with Gasteiger partial charge in [-0.25, -0.2) is 0 Å². The molecule has 4 heterocycles. The number of nitrogens with zero attached hydrogens (tertiary/aromatic N) is 3. The van der Waals surface area contributed by atoms with Gasteiger partial charge < -0.3 is 35.0 Å². The van der Waals surface area contributed by atoms with E-state index >= 15 is 4.79 Å². The van der Waals surface area contributed by atoms with Crippen molar-refractivity contribution in [1.82, 2.24) is 10.2 Å². The summed E-state index contributed by atoms with van der Waals surface area (Å²) in [4.78, 5) is 57.9. The predicted molar refractivity (Wildman–Crippen MR) is 226 cm³/mol. The molecule has 0 aliphatic carbocycles. The molecule has 59 heavy (non-hydrogen) atoms. The summed E-state index contributed by atoms with van der Waals surface area (Å²) in [6, 6.07) is 27.0. The fourth-order valence-corrected chi connectivity index (χ4v) is 14.1. The Morgan fingerprint density at radius 2 is 1.78 bits per heavy atom. The van der Waals surface area contributed by atoms with Crippen LogP contribution < -0.4 is 25.5 Å². The number of nitro groups is 1. The Morgan fingerprint density at radius 3 is 2.44 bits per heavy atom. The molecule has 2 fully saturated rings. The molecule has 2 saturated heterocycles. The number of methoxy groups -OCH3 is 1. The van der Waals surface area contributed by atoms with Crippen LogP contribution in [0.3, 0.4) is 0 Å². The largest absolute Gasteiger partial charge is 0.497 e. The molecule has 14 heteroatoms. The van der Waals surface area contributed by atoms with Gasteiger partial charge in [-0.15, -0.1) is 0 Å². The minimum Gasteiger partial charge on any atom is -0.497 e. The van der Waals surface area contributed by atoms with E-state index in [1.165, 1.54) is 12.1 Å². The summed E-state index contributed by atoms with van der Waals surface area (Å²) in [5.74, 6) is -0.406. The van der Waals surface area contributed by atoms with E-state index in [4.69, 9.17) is 9.47 Å². The van der Waals surface area contributed by atoms with E-state index in [9.17, 15) is 24.8 Å². The van der Waals surface area contributed by atoms with E-state index in [2.05, 4.69) is 23.7 Å². The molecule has 0 unspecified atom stereocenters. The lowest BCUT2D eigenvalue weighted by Crippen LogP contribution is -2.52. The van der Waals surface area contributed by atoms with Crippen LogP contribution in [-0.4, -0.2) is 79.2 Å². The lowest BCUT2D eigenvalue weighted by atomic mass is 9.82. The van der Waals surface area contributed by atoms with Gasteiger partial charge in [0.2, 0.25) is 11.8 Å². The molecule has 6 atom stereocenters. The van der Waals surface area contributed by atoms with Crippen molar-refractivity contribution in [2.45, 2.75) is 88.1 Å². The first-order valence-electron chi connectivity index (χ1n) is 20.4. The van der Waals surface area contributed by atoms with Crippen LogP contribution in [0.15, 0.2) is 91.0 Å². The van der Waals surface area contributed by atoms with Gasteiger partial charge in [0.05, 0.1) is 63.6 Å². The van der Waals surface area contributed by atoms with Gasteiger partial charge in [-0.3, -0.25) is 24.5 Å². The van der Waals surface area contributed by atoms with Gasteiger partial charge in [-0.05, 0) is 78.4 Å². The number of fused-ring (bicyclic) bond motifs is 3. The SMILES string of the molecule is COc1ccc([Si](C)(C)[C@@H]2[C@@H](CC(=O)N3Cc4ccccc4C[C@H]3CO)O[C@]3(C(=O)N(Cc4ccc(NC(=O)[C@H]5CCCN5)cc4)c4ccc([N+](=O)[O-])cc43)[C@H]2C)cc1. The third kappa shape index (κ3) is 7.21. The first-order valence-corrected chi connectivity index (χ1v) is 23.5. The number of hydrogen-bond acceptors (Lipinski definition) is 9. The summed E-state index contributed by atoms with van der Waals surface area (Å²) in [7, 11) is -1.04. The molecule has 8 rings (SSSR count). The van der Waals surface area contributed by atoms with E-state index in [1.807, 2.05) is 79.7 Å². The molecule has 13 nitrogen and oxygen atoms in total. The quantitative estimate of drug-likeness (QED) is 0.102. The first kappa shape index (κ1) is 40.4. The Balaban J connectivity index is 1.16. The fraction of sp³-hybridized carbons (Fsp3) is 0.400. The van der Waals surface area contributed by atoms with Crippen molar-refractivity contribution >= 4 is 48.0 Å². The summed E-state index contributed by atoms with van der Waals surface area (Å²) in [6.45, 7) is 7.54. The fourth-order valence-electron chi connectivity index (χ4n) is 10.1. The molecule has 1 spiro atoms. The number of amides is 3. The van der Waals surface area contributed by atoms with Crippen LogP contribution in [0.2, 0.25) is 18.6 Å². The first-order chi connectivity index (χ1) is 28.3. The Labute approximate surface area is 344 Å². The number of rotatable bonds is 11. The molecule has 4 aliphatic rings. The summed E-state index contributed by atoms with van der Waals surface area (Å²) < 4.78 is 12.6. The second kappa shape index (κ2) is 16.0. The number of hydrogen-bond donors (Lipinski definition) is 3. The lowest BCUT2D eigenvalue weighted by Gasteiger charge is -2.39. The van der Waals surface area contributed by atoms with E-state index < -0.39 is 36.7 Å². The van der Waals surface area contributed by atoms with Gasteiger partial charge in [0, 0.05) is 35.8 Å². The van der Waals surface area contributed by atoms with Crippen molar-refractivity contribution in [2.75, 3.05) is 30.5 Å². The van der Waals surface area contributed by atoms with Crippen molar-refractivity contribution < 1.29 is 33.9 Å². The van der Waals surface area contributed by atoms with Crippen molar-refractivity contribution in [3.05, 3.63) is 123 Å². The number of nitro benzene ring substituents is 1. The molecule has 4 aliphatic heterocycles. The second-order valence-electron chi connectivity index (χ2n) is 16.9. The smallest absolute Gasteiger partial charge is 0.269 e. The van der Waals surface area contributed by atoms with E-state index in [1.54, 1.807) is 23.0 Å². The maximum atomic E-state index is 15.3. The van der Waals surface area contributed by atoms with Gasteiger partial charge in [0.15, 0.2) is 5.60 Å². The molecule has 0 radical (unpaired) electrons. The average Bonchev–Trinajstić information content (AvgIpc) is 3.95. The molecule has 3 amide bonds. The van der Waals surface area contributed by atoms with E-state index in [0.29, 0.717) is 35.7 Å². The summed E-state index contributed by atoms with van der Waals surface area (Å²) in [5.41, 5.74) is 2.40. The Morgan fingerprint density at radius 1 is 1.05 bits per heavy atom. The van der Waals surface area contributed by atoms with Gasteiger partial charge in [-0.1, -0.05) is 73.7 Å². The highest BCUT2D eigenvalue weighted by Gasteiger charge is 2.67. The minimum atomic E-state index is -2.66. The molecule has 0 saturated carbocycles. The summed E-state index contributed by atoms with van der Waals surface area (Å²) >= 11 is 0. The third-order valence-corrected chi connectivity index (χ3v) is 17.6. The monoisotopic (exact) mass is 817 g/mol. The Hall–Kier alpha value is -5.41. The molecule has 0 bridgehead atoms. The van der Waals surface area contributed by atoms with Crippen LogP contribution in [0, 0.1) is 16.0 Å². The third-order valence-electron chi connectivity index (χ3n) is 13.2. The normalized spacial score (nSPS) is 24.9. The van der Waals surface area contributed by atoms with E-state index in [-0.39, 0.29) is 54.6 Å². The highest BCUT2D eigenvalue weighted by molar-refractivity contribution is 6.91. The molecule has 4 aromatic rings. The maximum absolute atomic E-state index is 15.3.